The van der Waals surface area contributed by atoms with Gasteiger partial charge in [0, 0.05) is 35.8 Å². The number of carbonyl (C=O) groups excluding carboxylic acids is 3. The molecule has 7 N–H and O–H groups in total. The summed E-state index contributed by atoms with van der Waals surface area (Å²) in [6, 6.07) is 23.2. The van der Waals surface area contributed by atoms with Crippen molar-refractivity contribution in [1.82, 2.24) is 20.9 Å². The van der Waals surface area contributed by atoms with Gasteiger partial charge in [0.2, 0.25) is 11.8 Å². The van der Waals surface area contributed by atoms with Gasteiger partial charge in [-0.05, 0) is 64.2 Å². The predicted molar refractivity (Wildman–Crippen MR) is 164 cm³/mol. The van der Waals surface area contributed by atoms with Gasteiger partial charge in [-0.3, -0.25) is 9.59 Å². The predicted octanol–water partition coefficient (Wildman–Crippen LogP) is 4.31. The Bertz CT molecular complexity index is 1480. The van der Waals surface area contributed by atoms with Crippen molar-refractivity contribution < 1.29 is 14.4 Å². The maximum Gasteiger partial charge on any atom is 0.312 e. The summed E-state index contributed by atoms with van der Waals surface area (Å²) in [5, 5.41) is 9.48. The molecule has 0 saturated carbocycles. The van der Waals surface area contributed by atoms with Crippen LogP contribution in [-0.2, 0) is 29.1 Å². The van der Waals surface area contributed by atoms with E-state index in [4.69, 9.17) is 34.7 Å². The third-order valence-electron chi connectivity index (χ3n) is 6.54. The molecular formula is C31H30Cl2N6O3. The minimum atomic E-state index is -0.916. The first kappa shape index (κ1) is 30.4. The number of hydrogen-bond acceptors (Lipinski definition) is 5. The Hall–Kier alpha value is -4.60. The number of pyridine rings is 1. The molecule has 0 aliphatic rings. The van der Waals surface area contributed by atoms with E-state index >= 15 is 0 Å². The summed E-state index contributed by atoms with van der Waals surface area (Å²) in [4.78, 5) is 42.3. The second kappa shape index (κ2) is 14.3. The molecule has 216 valence electrons. The van der Waals surface area contributed by atoms with Gasteiger partial charge >= 0.3 is 6.03 Å². The Kier molecular flexibility index (Phi) is 10.4. The van der Waals surface area contributed by atoms with Gasteiger partial charge in [0.15, 0.2) is 0 Å². The Labute approximate surface area is 253 Å². The highest BCUT2D eigenvalue weighted by atomic mass is 35.5. The number of anilines is 1. The number of halogens is 2. The van der Waals surface area contributed by atoms with Gasteiger partial charge < -0.3 is 27.4 Å². The fourth-order valence-electron chi connectivity index (χ4n) is 4.40. The van der Waals surface area contributed by atoms with Crippen LogP contribution in [-0.4, -0.2) is 28.9 Å². The fraction of sp³-hybridized carbons (Fsp3) is 0.161. The molecule has 0 saturated heterocycles. The van der Waals surface area contributed by atoms with Crippen LogP contribution in [0.4, 0.5) is 10.6 Å². The number of rotatable bonds is 11. The molecule has 1 atom stereocenters. The maximum atomic E-state index is 13.9. The number of primary amides is 1. The lowest BCUT2D eigenvalue weighted by Crippen LogP contribution is -2.49. The summed E-state index contributed by atoms with van der Waals surface area (Å²) in [5.41, 5.74) is 14.8. The number of urea groups is 1. The zero-order valence-corrected chi connectivity index (χ0v) is 24.0. The van der Waals surface area contributed by atoms with Crippen LogP contribution in [0.3, 0.4) is 0 Å². The van der Waals surface area contributed by atoms with Crippen LogP contribution in [0.1, 0.15) is 33.7 Å². The Morgan fingerprint density at radius 3 is 1.74 bits per heavy atom. The number of nitrogen functional groups attached to an aromatic ring is 1. The maximum absolute atomic E-state index is 13.9. The summed E-state index contributed by atoms with van der Waals surface area (Å²) < 4.78 is 0. The molecule has 0 aliphatic heterocycles. The van der Waals surface area contributed by atoms with E-state index in [0.717, 1.165) is 16.7 Å². The number of hydrogen-bond donors (Lipinski definition) is 5. The quantitative estimate of drug-likeness (QED) is 0.173. The second-order valence-corrected chi connectivity index (χ2v) is 10.5. The molecule has 9 nitrogen and oxygen atoms in total. The third kappa shape index (κ3) is 8.70. The van der Waals surface area contributed by atoms with Crippen molar-refractivity contribution >= 4 is 46.9 Å². The molecule has 0 fully saturated rings. The fourth-order valence-corrected chi connectivity index (χ4v) is 4.66. The van der Waals surface area contributed by atoms with Gasteiger partial charge in [-0.15, -0.1) is 0 Å². The monoisotopic (exact) mass is 604 g/mol. The average molecular weight is 606 g/mol. The van der Waals surface area contributed by atoms with E-state index < -0.39 is 18.0 Å². The van der Waals surface area contributed by atoms with Crippen LogP contribution in [0.25, 0.3) is 0 Å². The number of nitrogens with one attached hydrogen (secondary N) is 3. The minimum absolute atomic E-state index is 0.190. The number of aromatic nitrogens is 1. The van der Waals surface area contributed by atoms with E-state index in [2.05, 4.69) is 20.9 Å². The van der Waals surface area contributed by atoms with Crippen molar-refractivity contribution in [2.24, 2.45) is 5.73 Å². The zero-order valence-electron chi connectivity index (χ0n) is 22.5. The summed E-state index contributed by atoms with van der Waals surface area (Å²) >= 11 is 12.2. The molecule has 1 unspecified atom stereocenters. The summed E-state index contributed by atoms with van der Waals surface area (Å²) in [7, 11) is 0. The highest BCUT2D eigenvalue weighted by molar-refractivity contribution is 6.30. The molecule has 0 bridgehead atoms. The zero-order chi connectivity index (χ0) is 30.1. The number of nitrogens with zero attached hydrogens (tertiary/aromatic N) is 1. The summed E-state index contributed by atoms with van der Waals surface area (Å²) in [6.45, 7) is 0.526. The molecule has 1 aromatic heterocycles. The second-order valence-electron chi connectivity index (χ2n) is 9.64. The molecule has 0 aliphatic carbocycles. The first-order valence-electron chi connectivity index (χ1n) is 13.1. The molecule has 42 heavy (non-hydrogen) atoms. The molecule has 1 heterocycles. The summed E-state index contributed by atoms with van der Waals surface area (Å²) in [5.74, 6) is -1.15. The number of benzene rings is 3. The highest BCUT2D eigenvalue weighted by Gasteiger charge is 2.28. The van der Waals surface area contributed by atoms with Crippen molar-refractivity contribution in [3.63, 3.8) is 0 Å². The molecule has 4 amide bonds. The molecule has 0 radical (unpaired) electrons. The van der Waals surface area contributed by atoms with E-state index in [9.17, 15) is 14.4 Å². The van der Waals surface area contributed by atoms with Crippen molar-refractivity contribution in [2.75, 3.05) is 5.73 Å². The summed E-state index contributed by atoms with van der Waals surface area (Å²) in [6.07, 6.45) is 1.75. The topological polar surface area (TPSA) is 152 Å². The van der Waals surface area contributed by atoms with Gasteiger partial charge in [-0.1, -0.05) is 71.7 Å². The van der Waals surface area contributed by atoms with Gasteiger partial charge in [-0.25, -0.2) is 9.78 Å². The van der Waals surface area contributed by atoms with Crippen LogP contribution in [0.5, 0.6) is 0 Å². The van der Waals surface area contributed by atoms with E-state index in [1.807, 2.05) is 24.3 Å². The first-order chi connectivity index (χ1) is 20.2. The average Bonchev–Trinajstić information content (AvgIpc) is 2.97. The van der Waals surface area contributed by atoms with Crippen molar-refractivity contribution in [1.29, 1.82) is 0 Å². The standard InChI is InChI=1S/C31H30Cl2N6O3/c32-24-9-5-22(6-10-24)28(23-7-11-25(33)12-8-23)30(41)39-26(15-21-13-14-36-27(34)16-21)29(40)37-17-19-1-3-20(4-2-19)18-38-31(35)42/h1-14,16,26,28H,15,17-18H2,(H2,34,36)(H,37,40)(H,39,41)(H3,35,38,42). The molecule has 3 aromatic carbocycles. The SMILES string of the molecule is NC(=O)NCc1ccc(CNC(=O)C(Cc2ccnc(N)c2)NC(=O)C(c2ccc(Cl)cc2)c2ccc(Cl)cc2)cc1. The van der Waals surface area contributed by atoms with Crippen LogP contribution in [0.15, 0.2) is 91.1 Å². The van der Waals surface area contributed by atoms with Gasteiger partial charge in [0.1, 0.15) is 11.9 Å². The number of amides is 4. The minimum Gasteiger partial charge on any atom is -0.384 e. The molecule has 4 aromatic rings. The van der Waals surface area contributed by atoms with Gasteiger partial charge in [0.25, 0.3) is 0 Å². The Balaban J connectivity index is 1.54. The lowest BCUT2D eigenvalue weighted by molar-refractivity contribution is -0.129. The number of carbonyl (C=O) groups is 3. The van der Waals surface area contributed by atoms with E-state index in [0.29, 0.717) is 33.5 Å². The van der Waals surface area contributed by atoms with E-state index in [-0.39, 0.29) is 24.8 Å². The Morgan fingerprint density at radius 1 is 0.714 bits per heavy atom. The lowest BCUT2D eigenvalue weighted by Gasteiger charge is -2.23. The van der Waals surface area contributed by atoms with Crippen molar-refractivity contribution in [3.8, 4) is 0 Å². The van der Waals surface area contributed by atoms with E-state index in [1.54, 1.807) is 66.9 Å². The molecule has 11 heteroatoms. The van der Waals surface area contributed by atoms with Gasteiger partial charge in [0.05, 0.1) is 5.92 Å². The Morgan fingerprint density at radius 2 is 1.24 bits per heavy atom. The van der Waals surface area contributed by atoms with Crippen molar-refractivity contribution in [2.45, 2.75) is 31.5 Å². The van der Waals surface area contributed by atoms with Crippen LogP contribution >= 0.6 is 23.2 Å². The smallest absolute Gasteiger partial charge is 0.312 e. The highest BCUT2D eigenvalue weighted by Crippen LogP contribution is 2.28. The molecular weight excluding hydrogens is 575 g/mol. The first-order valence-corrected chi connectivity index (χ1v) is 13.8. The van der Waals surface area contributed by atoms with Crippen LogP contribution in [0, 0.1) is 0 Å². The molecule has 0 spiro atoms. The largest absolute Gasteiger partial charge is 0.384 e. The van der Waals surface area contributed by atoms with Crippen LogP contribution in [0.2, 0.25) is 10.0 Å². The van der Waals surface area contributed by atoms with Crippen molar-refractivity contribution in [3.05, 3.63) is 129 Å². The van der Waals surface area contributed by atoms with E-state index in [1.165, 1.54) is 0 Å². The third-order valence-corrected chi connectivity index (χ3v) is 7.05. The normalized spacial score (nSPS) is 11.5. The lowest BCUT2D eigenvalue weighted by atomic mass is 9.90. The number of nitrogens with two attached hydrogens (primary N) is 2. The molecule has 4 rings (SSSR count). The van der Waals surface area contributed by atoms with Gasteiger partial charge in [-0.2, -0.15) is 0 Å². The van der Waals surface area contributed by atoms with Crippen LogP contribution < -0.4 is 27.4 Å².